The Morgan fingerprint density at radius 2 is 1.72 bits per heavy atom. The van der Waals surface area contributed by atoms with E-state index in [4.69, 9.17) is 4.74 Å². The van der Waals surface area contributed by atoms with E-state index in [1.165, 1.54) is 0 Å². The third-order valence-electron chi connectivity index (χ3n) is 4.87. The number of alkyl carbamates (subject to hydrolysis) is 1. The lowest BCUT2D eigenvalue weighted by Crippen LogP contribution is -2.55. The van der Waals surface area contributed by atoms with E-state index in [9.17, 15) is 9.59 Å². The third kappa shape index (κ3) is 6.07. The maximum atomic E-state index is 13.0. The Labute approximate surface area is 172 Å². The average molecular weight is 401 g/mol. The van der Waals surface area contributed by atoms with Crippen molar-refractivity contribution in [1.82, 2.24) is 20.4 Å². The van der Waals surface area contributed by atoms with Crippen molar-refractivity contribution in [2.45, 2.75) is 65.5 Å². The minimum atomic E-state index is -0.574. The number of carbonyl (C=O) groups is 2. The van der Waals surface area contributed by atoms with Gasteiger partial charge in [0.1, 0.15) is 5.60 Å². The SMILES string of the molecule is CCC(CC)(CNC(=O)OC(C)(C)C)NC(=O)c1cn(-c2ccccc2)nc1C. The van der Waals surface area contributed by atoms with Gasteiger partial charge in [-0.1, -0.05) is 32.0 Å². The monoisotopic (exact) mass is 400 g/mol. The molecule has 1 heterocycles. The number of aryl methyl sites for hydroxylation is 1. The van der Waals surface area contributed by atoms with Crippen LogP contribution in [-0.4, -0.2) is 39.5 Å². The molecule has 0 aliphatic carbocycles. The normalized spacial score (nSPS) is 11.8. The van der Waals surface area contributed by atoms with Gasteiger partial charge in [0.05, 0.1) is 22.5 Å². The van der Waals surface area contributed by atoms with E-state index < -0.39 is 17.2 Å². The summed E-state index contributed by atoms with van der Waals surface area (Å²) >= 11 is 0. The van der Waals surface area contributed by atoms with Crippen molar-refractivity contribution in [3.05, 3.63) is 47.8 Å². The Morgan fingerprint density at radius 3 is 2.28 bits per heavy atom. The molecule has 0 saturated heterocycles. The second-order valence-electron chi connectivity index (χ2n) is 8.21. The van der Waals surface area contributed by atoms with Crippen molar-refractivity contribution in [2.24, 2.45) is 0 Å². The standard InChI is InChI=1S/C22H32N4O3/c1-7-22(8-2,15-23-20(28)29-21(4,5)6)24-19(27)18-14-26(25-16(18)3)17-12-10-9-11-13-17/h9-14H,7-8,15H2,1-6H3,(H,23,28)(H,24,27). The summed E-state index contributed by atoms with van der Waals surface area (Å²) in [7, 11) is 0. The van der Waals surface area contributed by atoms with Crippen LogP contribution in [0.15, 0.2) is 36.5 Å². The van der Waals surface area contributed by atoms with Gasteiger partial charge in [-0.25, -0.2) is 9.48 Å². The summed E-state index contributed by atoms with van der Waals surface area (Å²) in [5.74, 6) is -0.209. The Hall–Kier alpha value is -2.83. The van der Waals surface area contributed by atoms with E-state index >= 15 is 0 Å². The molecule has 0 unspecified atom stereocenters. The number of benzene rings is 1. The van der Waals surface area contributed by atoms with Crippen LogP contribution in [0.25, 0.3) is 5.69 Å². The highest BCUT2D eigenvalue weighted by Gasteiger charge is 2.31. The number of carbonyl (C=O) groups excluding carboxylic acids is 2. The fourth-order valence-electron chi connectivity index (χ4n) is 2.98. The molecule has 2 amide bonds. The van der Waals surface area contributed by atoms with E-state index in [0.29, 0.717) is 24.1 Å². The summed E-state index contributed by atoms with van der Waals surface area (Å²) in [5, 5.41) is 10.4. The molecular formula is C22H32N4O3. The van der Waals surface area contributed by atoms with Crippen LogP contribution in [0.1, 0.15) is 63.5 Å². The lowest BCUT2D eigenvalue weighted by Gasteiger charge is -2.33. The minimum Gasteiger partial charge on any atom is -0.444 e. The van der Waals surface area contributed by atoms with E-state index in [-0.39, 0.29) is 12.5 Å². The van der Waals surface area contributed by atoms with Gasteiger partial charge in [0.15, 0.2) is 0 Å². The molecule has 1 aromatic carbocycles. The molecule has 1 aromatic heterocycles. The summed E-state index contributed by atoms with van der Waals surface area (Å²) in [6, 6.07) is 9.64. The first-order valence-corrected chi connectivity index (χ1v) is 10.00. The molecular weight excluding hydrogens is 368 g/mol. The summed E-state index contributed by atoms with van der Waals surface area (Å²) in [6.45, 7) is 11.5. The Morgan fingerprint density at radius 1 is 1.10 bits per heavy atom. The van der Waals surface area contributed by atoms with Crippen molar-refractivity contribution in [2.75, 3.05) is 6.54 Å². The molecule has 0 bridgehead atoms. The molecule has 0 radical (unpaired) electrons. The van der Waals surface area contributed by atoms with Gasteiger partial charge in [-0.3, -0.25) is 4.79 Å². The second-order valence-corrected chi connectivity index (χ2v) is 8.21. The highest BCUT2D eigenvalue weighted by Crippen LogP contribution is 2.18. The molecule has 2 rings (SSSR count). The Bertz CT molecular complexity index is 833. The number of amides is 2. The Kier molecular flexibility index (Phi) is 7.06. The van der Waals surface area contributed by atoms with E-state index in [1.54, 1.807) is 10.9 Å². The molecule has 7 nitrogen and oxygen atoms in total. The maximum absolute atomic E-state index is 13.0. The van der Waals surface area contributed by atoms with Crippen molar-refractivity contribution in [1.29, 1.82) is 0 Å². The van der Waals surface area contributed by atoms with E-state index in [2.05, 4.69) is 15.7 Å². The predicted octanol–water partition coefficient (Wildman–Crippen LogP) is 3.99. The fourth-order valence-corrected chi connectivity index (χ4v) is 2.98. The number of aromatic nitrogens is 2. The van der Waals surface area contributed by atoms with Gasteiger partial charge in [0, 0.05) is 12.7 Å². The van der Waals surface area contributed by atoms with Crippen LogP contribution in [0, 0.1) is 6.92 Å². The van der Waals surface area contributed by atoms with Crippen LogP contribution in [0.2, 0.25) is 0 Å². The quantitative estimate of drug-likeness (QED) is 0.736. The van der Waals surface area contributed by atoms with Crippen LogP contribution >= 0.6 is 0 Å². The summed E-state index contributed by atoms with van der Waals surface area (Å²) in [6.07, 6.45) is 2.57. The van der Waals surface area contributed by atoms with Crippen LogP contribution in [0.5, 0.6) is 0 Å². The molecule has 0 aliphatic rings. The molecule has 158 valence electrons. The number of rotatable bonds is 7. The number of nitrogens with one attached hydrogen (secondary N) is 2. The van der Waals surface area contributed by atoms with E-state index in [1.807, 2.05) is 71.9 Å². The lowest BCUT2D eigenvalue weighted by molar-refractivity contribution is 0.0501. The number of nitrogens with zero attached hydrogens (tertiary/aromatic N) is 2. The zero-order valence-corrected chi connectivity index (χ0v) is 18.2. The Balaban J connectivity index is 2.13. The van der Waals surface area contributed by atoms with Crippen LogP contribution in [0.4, 0.5) is 4.79 Å². The zero-order valence-electron chi connectivity index (χ0n) is 18.2. The van der Waals surface area contributed by atoms with Crippen LogP contribution < -0.4 is 10.6 Å². The minimum absolute atomic E-state index is 0.209. The highest BCUT2D eigenvalue weighted by atomic mass is 16.6. The van der Waals surface area contributed by atoms with E-state index in [0.717, 1.165) is 5.69 Å². The largest absolute Gasteiger partial charge is 0.444 e. The lowest BCUT2D eigenvalue weighted by atomic mass is 9.92. The molecule has 0 fully saturated rings. The first-order chi connectivity index (χ1) is 13.6. The number of hydrogen-bond donors (Lipinski definition) is 2. The van der Waals surface area contributed by atoms with Crippen molar-refractivity contribution < 1.29 is 14.3 Å². The van der Waals surface area contributed by atoms with Gasteiger partial charge in [-0.15, -0.1) is 0 Å². The number of ether oxygens (including phenoxy) is 1. The van der Waals surface area contributed by atoms with Crippen LogP contribution in [-0.2, 0) is 4.74 Å². The zero-order chi connectivity index (χ0) is 21.7. The first kappa shape index (κ1) is 22.5. The maximum Gasteiger partial charge on any atom is 0.407 e. The average Bonchev–Trinajstić information content (AvgIpc) is 3.06. The van der Waals surface area contributed by atoms with Crippen molar-refractivity contribution >= 4 is 12.0 Å². The van der Waals surface area contributed by atoms with Gasteiger partial charge in [-0.05, 0) is 52.7 Å². The van der Waals surface area contributed by atoms with Crippen molar-refractivity contribution in [3.63, 3.8) is 0 Å². The molecule has 0 aliphatic heterocycles. The summed E-state index contributed by atoms with van der Waals surface area (Å²) in [4.78, 5) is 25.1. The molecule has 7 heteroatoms. The smallest absolute Gasteiger partial charge is 0.407 e. The summed E-state index contributed by atoms with van der Waals surface area (Å²) in [5.41, 5.74) is 0.899. The molecule has 0 atom stereocenters. The van der Waals surface area contributed by atoms with Gasteiger partial charge in [0.25, 0.3) is 5.91 Å². The highest BCUT2D eigenvalue weighted by molar-refractivity contribution is 5.95. The molecule has 2 aromatic rings. The van der Waals surface area contributed by atoms with Crippen LogP contribution in [0.3, 0.4) is 0 Å². The molecule has 2 N–H and O–H groups in total. The van der Waals surface area contributed by atoms with Gasteiger partial charge >= 0.3 is 6.09 Å². The van der Waals surface area contributed by atoms with Gasteiger partial charge < -0.3 is 15.4 Å². The first-order valence-electron chi connectivity index (χ1n) is 10.00. The third-order valence-corrected chi connectivity index (χ3v) is 4.87. The van der Waals surface area contributed by atoms with Gasteiger partial charge in [0.2, 0.25) is 0 Å². The topological polar surface area (TPSA) is 85.3 Å². The van der Waals surface area contributed by atoms with Gasteiger partial charge in [-0.2, -0.15) is 5.10 Å². The molecule has 0 saturated carbocycles. The second kappa shape index (κ2) is 9.11. The fraction of sp³-hybridized carbons (Fsp3) is 0.500. The van der Waals surface area contributed by atoms with Crippen molar-refractivity contribution in [3.8, 4) is 5.69 Å². The number of para-hydroxylation sites is 1. The number of hydrogen-bond acceptors (Lipinski definition) is 4. The molecule has 0 spiro atoms. The predicted molar refractivity (Wildman–Crippen MR) is 113 cm³/mol. The summed E-state index contributed by atoms with van der Waals surface area (Å²) < 4.78 is 7.00. The molecule has 29 heavy (non-hydrogen) atoms.